The molecule has 1 unspecified atom stereocenters. The summed E-state index contributed by atoms with van der Waals surface area (Å²) in [6.45, 7) is 5.93. The highest BCUT2D eigenvalue weighted by Gasteiger charge is 2.28. The molecule has 204 valence electrons. The average Bonchev–Trinajstić information content (AvgIpc) is 3.30. The first-order valence-electron chi connectivity index (χ1n) is 12.6. The van der Waals surface area contributed by atoms with Crippen molar-refractivity contribution >= 4 is 11.5 Å². The van der Waals surface area contributed by atoms with Crippen LogP contribution in [0.15, 0.2) is 60.7 Å². The Kier molecular flexibility index (Phi) is 8.33. The van der Waals surface area contributed by atoms with Gasteiger partial charge >= 0.3 is 0 Å². The van der Waals surface area contributed by atoms with E-state index in [1.54, 1.807) is 55.2 Å². The molecule has 0 aliphatic carbocycles. The molecule has 0 saturated heterocycles. The molecule has 0 aliphatic rings. The molecule has 10 heteroatoms. The van der Waals surface area contributed by atoms with E-state index in [4.69, 9.17) is 30.3 Å². The van der Waals surface area contributed by atoms with Gasteiger partial charge in [-0.25, -0.2) is 9.37 Å². The molecule has 4 N–H and O–H groups in total. The standard InChI is InChI=1S/C29H33FN6O3/c1-6-38-20-15-22(25(30)24(16-20)39-17(2)3)26(33-19-13-11-18(12-14-19)27(31)32)29-34-28(35-36(29)4)21-9-7-8-10-23(21)37-5/h7-17,26,33H,6H2,1-5H3,(H3,31,32). The van der Waals surface area contributed by atoms with Crippen molar-refractivity contribution in [3.05, 3.63) is 83.4 Å². The molecule has 3 aromatic carbocycles. The number of nitrogens with one attached hydrogen (secondary N) is 2. The summed E-state index contributed by atoms with van der Waals surface area (Å²) in [4.78, 5) is 4.82. The Morgan fingerprint density at radius 3 is 2.46 bits per heavy atom. The van der Waals surface area contributed by atoms with Gasteiger partial charge in [-0.05, 0) is 63.2 Å². The number of halogens is 1. The first-order valence-corrected chi connectivity index (χ1v) is 12.6. The topological polar surface area (TPSA) is 120 Å². The molecule has 0 spiro atoms. The zero-order valence-corrected chi connectivity index (χ0v) is 22.7. The highest BCUT2D eigenvalue weighted by Crippen LogP contribution is 2.37. The zero-order chi connectivity index (χ0) is 28.1. The summed E-state index contributed by atoms with van der Waals surface area (Å²) in [5.74, 6) is 1.48. The van der Waals surface area contributed by atoms with Crippen molar-refractivity contribution in [1.29, 1.82) is 5.41 Å². The normalized spacial score (nSPS) is 11.8. The van der Waals surface area contributed by atoms with Gasteiger partial charge in [-0.2, -0.15) is 5.10 Å². The lowest BCUT2D eigenvalue weighted by Crippen LogP contribution is -2.20. The van der Waals surface area contributed by atoms with Gasteiger partial charge in [-0.1, -0.05) is 12.1 Å². The van der Waals surface area contributed by atoms with E-state index in [1.165, 1.54) is 0 Å². The number of methoxy groups -OCH3 is 1. The Bertz CT molecular complexity index is 1450. The van der Waals surface area contributed by atoms with Crippen LogP contribution in [0.5, 0.6) is 17.2 Å². The molecule has 1 atom stereocenters. The van der Waals surface area contributed by atoms with Gasteiger partial charge in [0.05, 0.1) is 25.4 Å². The number of rotatable bonds is 11. The molecular formula is C29H33FN6O3. The van der Waals surface area contributed by atoms with Crippen LogP contribution in [-0.4, -0.2) is 40.4 Å². The summed E-state index contributed by atoms with van der Waals surface area (Å²) in [5.41, 5.74) is 7.84. The van der Waals surface area contributed by atoms with Crippen LogP contribution in [0.1, 0.15) is 43.8 Å². The van der Waals surface area contributed by atoms with Crippen molar-refractivity contribution in [1.82, 2.24) is 14.8 Å². The molecule has 0 aliphatic heterocycles. The van der Waals surface area contributed by atoms with Gasteiger partial charge in [0.2, 0.25) is 0 Å². The fraction of sp³-hybridized carbons (Fsp3) is 0.276. The first kappa shape index (κ1) is 27.4. The lowest BCUT2D eigenvalue weighted by Gasteiger charge is -2.23. The SMILES string of the molecule is CCOc1cc(OC(C)C)c(F)c(C(Nc2ccc(C(=N)N)cc2)c2nc(-c3ccccc3OC)nn2C)c1. The maximum atomic E-state index is 16.1. The molecule has 0 saturated carbocycles. The summed E-state index contributed by atoms with van der Waals surface area (Å²) in [6.07, 6.45) is -0.248. The number of hydrogen-bond acceptors (Lipinski definition) is 7. The Morgan fingerprint density at radius 1 is 1.10 bits per heavy atom. The van der Waals surface area contributed by atoms with Crippen molar-refractivity contribution in [3.8, 4) is 28.6 Å². The van der Waals surface area contributed by atoms with Crippen molar-refractivity contribution in [2.24, 2.45) is 12.8 Å². The molecule has 0 bridgehead atoms. The fourth-order valence-electron chi connectivity index (χ4n) is 4.18. The summed E-state index contributed by atoms with van der Waals surface area (Å²) in [7, 11) is 3.34. The lowest BCUT2D eigenvalue weighted by atomic mass is 10.0. The summed E-state index contributed by atoms with van der Waals surface area (Å²) < 4.78 is 34.8. The van der Waals surface area contributed by atoms with E-state index in [-0.39, 0.29) is 23.3 Å². The number of amidine groups is 1. The van der Waals surface area contributed by atoms with E-state index < -0.39 is 11.9 Å². The van der Waals surface area contributed by atoms with Crippen LogP contribution in [0.4, 0.5) is 10.1 Å². The van der Waals surface area contributed by atoms with Crippen molar-refractivity contribution < 1.29 is 18.6 Å². The molecule has 1 aromatic heterocycles. The van der Waals surface area contributed by atoms with E-state index in [0.717, 1.165) is 0 Å². The van der Waals surface area contributed by atoms with E-state index in [1.807, 2.05) is 45.0 Å². The van der Waals surface area contributed by atoms with Crippen LogP contribution >= 0.6 is 0 Å². The average molecular weight is 533 g/mol. The van der Waals surface area contributed by atoms with Gasteiger partial charge < -0.3 is 25.3 Å². The van der Waals surface area contributed by atoms with Crippen LogP contribution in [0, 0.1) is 11.2 Å². The minimum Gasteiger partial charge on any atom is -0.496 e. The maximum absolute atomic E-state index is 16.1. The fourth-order valence-corrected chi connectivity index (χ4v) is 4.18. The van der Waals surface area contributed by atoms with Gasteiger partial charge in [0.15, 0.2) is 23.2 Å². The molecule has 0 amide bonds. The summed E-state index contributed by atoms with van der Waals surface area (Å²) in [6, 6.07) is 16.8. The zero-order valence-electron chi connectivity index (χ0n) is 22.7. The number of benzene rings is 3. The van der Waals surface area contributed by atoms with Crippen molar-refractivity contribution in [3.63, 3.8) is 0 Å². The van der Waals surface area contributed by atoms with Gasteiger partial charge in [0.1, 0.15) is 23.4 Å². The van der Waals surface area contributed by atoms with Crippen molar-refractivity contribution in [2.75, 3.05) is 19.0 Å². The van der Waals surface area contributed by atoms with Gasteiger partial charge in [-0.15, -0.1) is 0 Å². The van der Waals surface area contributed by atoms with Crippen LogP contribution in [0.25, 0.3) is 11.4 Å². The number of ether oxygens (including phenoxy) is 3. The number of aromatic nitrogens is 3. The van der Waals surface area contributed by atoms with Crippen LogP contribution in [0.3, 0.4) is 0 Å². The number of nitrogens with two attached hydrogens (primary N) is 1. The van der Waals surface area contributed by atoms with E-state index in [2.05, 4.69) is 10.4 Å². The smallest absolute Gasteiger partial charge is 0.185 e. The molecule has 0 radical (unpaired) electrons. The summed E-state index contributed by atoms with van der Waals surface area (Å²) >= 11 is 0. The molecule has 4 aromatic rings. The van der Waals surface area contributed by atoms with Crippen molar-refractivity contribution in [2.45, 2.75) is 32.9 Å². The largest absolute Gasteiger partial charge is 0.496 e. The Hall–Kier alpha value is -4.60. The second-order valence-corrected chi connectivity index (χ2v) is 9.11. The third-order valence-electron chi connectivity index (χ3n) is 5.94. The second-order valence-electron chi connectivity index (χ2n) is 9.11. The monoisotopic (exact) mass is 532 g/mol. The van der Waals surface area contributed by atoms with Crippen LogP contribution in [0.2, 0.25) is 0 Å². The number of hydrogen-bond donors (Lipinski definition) is 3. The Labute approximate surface area is 227 Å². The molecule has 0 fully saturated rings. The number of nitrogens with zero attached hydrogens (tertiary/aromatic N) is 3. The molecule has 4 rings (SSSR count). The minimum atomic E-state index is -0.788. The minimum absolute atomic E-state index is 0.0428. The third-order valence-corrected chi connectivity index (χ3v) is 5.94. The van der Waals surface area contributed by atoms with E-state index in [9.17, 15) is 0 Å². The quantitative estimate of drug-likeness (QED) is 0.177. The van der Waals surface area contributed by atoms with Gasteiger partial charge in [0, 0.05) is 29.9 Å². The third kappa shape index (κ3) is 6.11. The highest BCUT2D eigenvalue weighted by molar-refractivity contribution is 5.95. The van der Waals surface area contributed by atoms with Gasteiger partial charge in [0.25, 0.3) is 0 Å². The Morgan fingerprint density at radius 2 is 1.82 bits per heavy atom. The number of para-hydroxylation sites is 1. The van der Waals surface area contributed by atoms with E-state index in [0.29, 0.717) is 46.6 Å². The number of nitrogen functional groups attached to an aromatic ring is 1. The molecule has 9 nitrogen and oxygen atoms in total. The molecular weight excluding hydrogens is 499 g/mol. The summed E-state index contributed by atoms with van der Waals surface area (Å²) in [5, 5.41) is 15.7. The lowest BCUT2D eigenvalue weighted by molar-refractivity contribution is 0.228. The van der Waals surface area contributed by atoms with E-state index >= 15 is 4.39 Å². The van der Waals surface area contributed by atoms with Crippen LogP contribution in [-0.2, 0) is 7.05 Å². The molecule has 1 heterocycles. The highest BCUT2D eigenvalue weighted by atomic mass is 19.1. The number of aryl methyl sites for hydroxylation is 1. The predicted molar refractivity (Wildman–Crippen MR) is 149 cm³/mol. The molecule has 39 heavy (non-hydrogen) atoms. The first-order chi connectivity index (χ1) is 18.7. The predicted octanol–water partition coefficient (Wildman–Crippen LogP) is 5.30. The van der Waals surface area contributed by atoms with Gasteiger partial charge in [-0.3, -0.25) is 10.1 Å². The Balaban J connectivity index is 1.88. The second kappa shape index (κ2) is 11.8. The number of anilines is 1. The van der Waals surface area contributed by atoms with Crippen LogP contribution < -0.4 is 25.3 Å². The maximum Gasteiger partial charge on any atom is 0.185 e.